The molecule has 0 saturated carbocycles. The summed E-state index contributed by atoms with van der Waals surface area (Å²) < 4.78 is 5.14. The molecule has 2 rings (SSSR count). The van der Waals surface area contributed by atoms with Gasteiger partial charge in [-0.25, -0.2) is 4.98 Å². The molecular formula is C11H11N3O2. The Morgan fingerprint density at radius 2 is 2.38 bits per heavy atom. The van der Waals surface area contributed by atoms with Gasteiger partial charge in [0.15, 0.2) is 11.5 Å². The number of hydrogen-bond donors (Lipinski definition) is 0. The van der Waals surface area contributed by atoms with E-state index in [0.717, 1.165) is 6.42 Å². The van der Waals surface area contributed by atoms with Crippen molar-refractivity contribution in [1.82, 2.24) is 15.2 Å². The van der Waals surface area contributed by atoms with E-state index in [0.29, 0.717) is 23.7 Å². The lowest BCUT2D eigenvalue weighted by Gasteiger charge is -1.98. The number of hydrogen-bond acceptors (Lipinski definition) is 5. The van der Waals surface area contributed by atoms with Crippen LogP contribution in [0.1, 0.15) is 30.3 Å². The molecule has 5 heteroatoms. The van der Waals surface area contributed by atoms with Gasteiger partial charge in [-0.3, -0.25) is 4.79 Å². The van der Waals surface area contributed by atoms with Gasteiger partial charge in [-0.2, -0.15) is 5.10 Å². The molecule has 2 aromatic heterocycles. The van der Waals surface area contributed by atoms with Crippen LogP contribution in [-0.2, 0) is 0 Å². The molecule has 0 radical (unpaired) electrons. The molecule has 0 aliphatic carbocycles. The third-order valence-corrected chi connectivity index (χ3v) is 2.06. The van der Waals surface area contributed by atoms with Gasteiger partial charge >= 0.3 is 0 Å². The minimum atomic E-state index is -0.0230. The smallest absolute Gasteiger partial charge is 0.218 e. The zero-order valence-corrected chi connectivity index (χ0v) is 8.88. The molecule has 0 aliphatic rings. The number of ketones is 1. The van der Waals surface area contributed by atoms with E-state index in [1.54, 1.807) is 12.1 Å². The van der Waals surface area contributed by atoms with E-state index in [9.17, 15) is 4.79 Å². The molecule has 0 N–H and O–H groups in total. The van der Waals surface area contributed by atoms with Gasteiger partial charge in [-0.15, -0.1) is 5.10 Å². The first-order chi connectivity index (χ1) is 7.81. The number of rotatable bonds is 4. The summed E-state index contributed by atoms with van der Waals surface area (Å²) in [5.41, 5.74) is 0.336. The summed E-state index contributed by atoms with van der Waals surface area (Å²) in [6, 6.07) is 3.46. The molecule has 16 heavy (non-hydrogen) atoms. The fourth-order valence-corrected chi connectivity index (χ4v) is 1.30. The monoisotopic (exact) mass is 217 g/mol. The highest BCUT2D eigenvalue weighted by Gasteiger charge is 2.11. The molecule has 0 spiro atoms. The Balaban J connectivity index is 2.30. The van der Waals surface area contributed by atoms with Gasteiger partial charge < -0.3 is 4.42 Å². The highest BCUT2D eigenvalue weighted by Crippen LogP contribution is 2.14. The molecule has 0 saturated heterocycles. The van der Waals surface area contributed by atoms with Crippen molar-refractivity contribution < 1.29 is 9.21 Å². The second-order valence-corrected chi connectivity index (χ2v) is 3.32. The van der Waals surface area contributed by atoms with Gasteiger partial charge in [-0.05, 0) is 18.6 Å². The van der Waals surface area contributed by atoms with Crippen LogP contribution in [0.15, 0.2) is 29.0 Å². The standard InChI is InChI=1S/C11H11N3O2/c1-2-4-9(15)8-7-12-14-11(13-8)10-5-3-6-16-10/h3,5-7H,2,4H2,1H3. The van der Waals surface area contributed by atoms with Crippen molar-refractivity contribution in [1.29, 1.82) is 0 Å². The van der Waals surface area contributed by atoms with Gasteiger partial charge in [0, 0.05) is 6.42 Å². The lowest BCUT2D eigenvalue weighted by Crippen LogP contribution is -2.05. The molecule has 82 valence electrons. The van der Waals surface area contributed by atoms with Crippen LogP contribution in [0.3, 0.4) is 0 Å². The Hall–Kier alpha value is -2.04. The average molecular weight is 217 g/mol. The third-order valence-electron chi connectivity index (χ3n) is 2.06. The topological polar surface area (TPSA) is 68.9 Å². The van der Waals surface area contributed by atoms with E-state index in [1.807, 2.05) is 6.92 Å². The maximum Gasteiger partial charge on any atom is 0.218 e. The molecule has 0 amide bonds. The van der Waals surface area contributed by atoms with Gasteiger partial charge in [0.05, 0.1) is 12.5 Å². The summed E-state index contributed by atoms with van der Waals surface area (Å²) in [7, 11) is 0. The second kappa shape index (κ2) is 4.65. The van der Waals surface area contributed by atoms with Crippen molar-refractivity contribution in [3.63, 3.8) is 0 Å². The largest absolute Gasteiger partial charge is 0.461 e. The van der Waals surface area contributed by atoms with Crippen LogP contribution in [0.5, 0.6) is 0 Å². The van der Waals surface area contributed by atoms with Gasteiger partial charge in [-0.1, -0.05) is 6.92 Å². The molecule has 5 nitrogen and oxygen atoms in total. The van der Waals surface area contributed by atoms with Crippen LogP contribution in [0.4, 0.5) is 0 Å². The Morgan fingerprint density at radius 3 is 3.06 bits per heavy atom. The first-order valence-corrected chi connectivity index (χ1v) is 5.08. The molecule has 2 heterocycles. The Bertz CT molecular complexity index is 480. The minimum Gasteiger partial charge on any atom is -0.461 e. The van der Waals surface area contributed by atoms with Crippen LogP contribution in [0.25, 0.3) is 11.6 Å². The number of carbonyl (C=O) groups excluding carboxylic acids is 1. The molecule has 0 atom stereocenters. The third kappa shape index (κ3) is 2.13. The summed E-state index contributed by atoms with van der Waals surface area (Å²) in [6.45, 7) is 1.94. The quantitative estimate of drug-likeness (QED) is 0.733. The molecular weight excluding hydrogens is 206 g/mol. The van der Waals surface area contributed by atoms with Gasteiger partial charge in [0.1, 0.15) is 5.69 Å². The van der Waals surface area contributed by atoms with Crippen molar-refractivity contribution >= 4 is 5.78 Å². The van der Waals surface area contributed by atoms with Crippen LogP contribution < -0.4 is 0 Å². The van der Waals surface area contributed by atoms with Crippen molar-refractivity contribution in [2.24, 2.45) is 0 Å². The van der Waals surface area contributed by atoms with Crippen LogP contribution in [0.2, 0.25) is 0 Å². The number of furan rings is 1. The summed E-state index contributed by atoms with van der Waals surface area (Å²) in [6.07, 6.45) is 4.17. The molecule has 0 aliphatic heterocycles. The molecule has 0 bridgehead atoms. The molecule has 0 fully saturated rings. The second-order valence-electron chi connectivity index (χ2n) is 3.32. The van der Waals surface area contributed by atoms with Crippen molar-refractivity contribution in [3.05, 3.63) is 30.3 Å². The van der Waals surface area contributed by atoms with E-state index >= 15 is 0 Å². The fraction of sp³-hybridized carbons (Fsp3) is 0.273. The lowest BCUT2D eigenvalue weighted by atomic mass is 10.2. The summed E-state index contributed by atoms with van der Waals surface area (Å²) in [4.78, 5) is 15.7. The summed E-state index contributed by atoms with van der Waals surface area (Å²) in [5.74, 6) is 0.829. The Labute approximate surface area is 92.5 Å². The average Bonchev–Trinajstić information content (AvgIpc) is 2.83. The van der Waals surface area contributed by atoms with Gasteiger partial charge in [0.2, 0.25) is 5.82 Å². The van der Waals surface area contributed by atoms with E-state index in [-0.39, 0.29) is 5.78 Å². The summed E-state index contributed by atoms with van der Waals surface area (Å²) >= 11 is 0. The van der Waals surface area contributed by atoms with Crippen LogP contribution in [-0.4, -0.2) is 21.0 Å². The predicted octanol–water partition coefficient (Wildman–Crippen LogP) is 2.11. The Morgan fingerprint density at radius 1 is 1.50 bits per heavy atom. The van der Waals surface area contributed by atoms with E-state index < -0.39 is 0 Å². The number of aromatic nitrogens is 3. The maximum atomic E-state index is 11.6. The van der Waals surface area contributed by atoms with Gasteiger partial charge in [0.25, 0.3) is 0 Å². The van der Waals surface area contributed by atoms with E-state index in [4.69, 9.17) is 4.42 Å². The minimum absolute atomic E-state index is 0.0230. The highest BCUT2D eigenvalue weighted by molar-refractivity contribution is 5.94. The van der Waals surface area contributed by atoms with E-state index in [2.05, 4.69) is 15.2 Å². The van der Waals surface area contributed by atoms with Crippen molar-refractivity contribution in [2.45, 2.75) is 19.8 Å². The maximum absolute atomic E-state index is 11.6. The van der Waals surface area contributed by atoms with Crippen molar-refractivity contribution in [3.8, 4) is 11.6 Å². The summed E-state index contributed by atoms with van der Waals surface area (Å²) in [5, 5.41) is 7.57. The number of nitrogens with zero attached hydrogens (tertiary/aromatic N) is 3. The molecule has 0 unspecified atom stereocenters. The van der Waals surface area contributed by atoms with Crippen LogP contribution >= 0.6 is 0 Å². The number of carbonyl (C=O) groups is 1. The zero-order valence-electron chi connectivity index (χ0n) is 8.88. The SMILES string of the molecule is CCCC(=O)c1cnnc(-c2ccco2)n1. The first-order valence-electron chi connectivity index (χ1n) is 5.08. The van der Waals surface area contributed by atoms with Crippen LogP contribution in [0, 0.1) is 0 Å². The number of Topliss-reactive ketones (excluding diaryl/α,β-unsaturated/α-hetero) is 1. The molecule has 2 aromatic rings. The lowest BCUT2D eigenvalue weighted by molar-refractivity contribution is 0.0976. The highest BCUT2D eigenvalue weighted by atomic mass is 16.3. The first kappa shape index (κ1) is 10.5. The zero-order chi connectivity index (χ0) is 11.4. The molecule has 0 aromatic carbocycles. The van der Waals surface area contributed by atoms with E-state index in [1.165, 1.54) is 12.5 Å². The fourth-order valence-electron chi connectivity index (χ4n) is 1.30. The van der Waals surface area contributed by atoms with Crippen molar-refractivity contribution in [2.75, 3.05) is 0 Å². The Kier molecular flexibility index (Phi) is 3.05. The predicted molar refractivity (Wildman–Crippen MR) is 56.8 cm³/mol. The normalized spacial score (nSPS) is 10.3.